The molecule has 0 spiro atoms. The fourth-order valence-corrected chi connectivity index (χ4v) is 1.92. The summed E-state index contributed by atoms with van der Waals surface area (Å²) in [5.41, 5.74) is 0.217. The van der Waals surface area contributed by atoms with Gasteiger partial charge < -0.3 is 9.47 Å². The third-order valence-corrected chi connectivity index (χ3v) is 2.88. The number of imide groups is 1. The van der Waals surface area contributed by atoms with E-state index in [4.69, 9.17) is 9.47 Å². The summed E-state index contributed by atoms with van der Waals surface area (Å²) in [6, 6.07) is -0.182. The molecule has 2 saturated heterocycles. The van der Waals surface area contributed by atoms with Crippen LogP contribution in [0.5, 0.6) is 0 Å². The van der Waals surface area contributed by atoms with E-state index in [9.17, 15) is 14.4 Å². The Hall–Kier alpha value is -1.69. The van der Waals surface area contributed by atoms with Crippen LogP contribution in [0.25, 0.3) is 0 Å². The molecule has 2 heterocycles. The van der Waals surface area contributed by atoms with Crippen LogP contribution in [0, 0.1) is 5.92 Å². The van der Waals surface area contributed by atoms with E-state index in [-0.39, 0.29) is 23.4 Å². The van der Waals surface area contributed by atoms with Crippen LogP contribution in [-0.4, -0.2) is 48.5 Å². The average molecular weight is 239 g/mol. The van der Waals surface area contributed by atoms with E-state index in [1.807, 2.05) is 0 Å². The van der Waals surface area contributed by atoms with Gasteiger partial charge in [0, 0.05) is 5.57 Å². The number of likely N-dealkylation sites (tertiary alicyclic amines) is 1. The first kappa shape index (κ1) is 11.8. The number of hydrogen-bond acceptors (Lipinski definition) is 5. The molecule has 0 bridgehead atoms. The van der Waals surface area contributed by atoms with E-state index in [1.54, 1.807) is 0 Å². The van der Waals surface area contributed by atoms with Crippen LogP contribution in [0.15, 0.2) is 12.2 Å². The second-order valence-electron chi connectivity index (χ2n) is 4.17. The molecule has 2 aliphatic rings. The van der Waals surface area contributed by atoms with Gasteiger partial charge in [-0.25, -0.2) is 4.79 Å². The Labute approximate surface area is 98.2 Å². The molecule has 2 rings (SSSR count). The van der Waals surface area contributed by atoms with E-state index in [2.05, 4.69) is 6.58 Å². The molecule has 2 aliphatic heterocycles. The topological polar surface area (TPSA) is 72.9 Å². The number of carbonyl (C=O) groups excluding carboxylic acids is 3. The summed E-state index contributed by atoms with van der Waals surface area (Å²) in [5, 5.41) is 0. The maximum atomic E-state index is 11.6. The van der Waals surface area contributed by atoms with Crippen LogP contribution >= 0.6 is 0 Å². The molecule has 0 aliphatic carbocycles. The zero-order chi connectivity index (χ0) is 12.6. The molecule has 2 unspecified atom stereocenters. The van der Waals surface area contributed by atoms with Gasteiger partial charge in [0.1, 0.15) is 0 Å². The smallest absolute Gasteiger partial charge is 0.333 e. The number of esters is 1. The summed E-state index contributed by atoms with van der Waals surface area (Å²) < 4.78 is 9.81. The van der Waals surface area contributed by atoms with E-state index in [0.29, 0.717) is 13.2 Å². The first-order chi connectivity index (χ1) is 8.02. The predicted octanol–water partition coefficient (Wildman–Crippen LogP) is -0.511. The highest BCUT2D eigenvalue weighted by molar-refractivity contribution is 6.03. The van der Waals surface area contributed by atoms with E-state index in [0.717, 1.165) is 4.90 Å². The van der Waals surface area contributed by atoms with Gasteiger partial charge in [-0.05, 0) is 6.92 Å². The van der Waals surface area contributed by atoms with Gasteiger partial charge in [-0.2, -0.15) is 0 Å². The Balaban J connectivity index is 1.87. The van der Waals surface area contributed by atoms with Crippen LogP contribution in [0.2, 0.25) is 0 Å². The molecule has 0 N–H and O–H groups in total. The molecule has 0 aromatic heterocycles. The number of amides is 2. The quantitative estimate of drug-likeness (QED) is 0.377. The van der Waals surface area contributed by atoms with Gasteiger partial charge >= 0.3 is 5.97 Å². The number of carbonyl (C=O) groups is 3. The van der Waals surface area contributed by atoms with Crippen molar-refractivity contribution in [3.63, 3.8) is 0 Å². The second kappa shape index (κ2) is 4.29. The highest BCUT2D eigenvalue weighted by Gasteiger charge is 2.53. The maximum Gasteiger partial charge on any atom is 0.333 e. The number of fused-ring (bicyclic) bond motifs is 1. The number of rotatable bonds is 3. The van der Waals surface area contributed by atoms with Crippen molar-refractivity contribution in [2.75, 3.05) is 19.8 Å². The largest absolute Gasteiger partial charge is 0.452 e. The van der Waals surface area contributed by atoms with Crippen LogP contribution in [0.1, 0.15) is 6.92 Å². The Morgan fingerprint density at radius 3 is 2.88 bits per heavy atom. The molecule has 2 amide bonds. The highest BCUT2D eigenvalue weighted by Crippen LogP contribution is 2.32. The minimum atomic E-state index is -0.634. The van der Waals surface area contributed by atoms with Crippen LogP contribution in [0.3, 0.4) is 0 Å². The lowest BCUT2D eigenvalue weighted by Crippen LogP contribution is -2.63. The van der Waals surface area contributed by atoms with Crippen molar-refractivity contribution in [3.05, 3.63) is 12.2 Å². The molecule has 92 valence electrons. The molecule has 0 aromatic rings. The molecule has 0 aromatic carbocycles. The number of β-lactam (4-membered cyclic amide) rings is 1. The lowest BCUT2D eigenvalue weighted by molar-refractivity contribution is -0.167. The number of ether oxygens (including phenoxy) is 2. The molecule has 0 saturated carbocycles. The molecule has 0 radical (unpaired) electrons. The van der Waals surface area contributed by atoms with Crippen molar-refractivity contribution in [1.29, 1.82) is 0 Å². The molecular formula is C11H13NO5. The second-order valence-corrected chi connectivity index (χ2v) is 4.17. The minimum Gasteiger partial charge on any atom is -0.452 e. The average Bonchev–Trinajstić information content (AvgIpc) is 2.69. The molecule has 6 heteroatoms. The monoisotopic (exact) mass is 239 g/mol. The molecule has 17 heavy (non-hydrogen) atoms. The van der Waals surface area contributed by atoms with Gasteiger partial charge in [0.15, 0.2) is 6.61 Å². The summed E-state index contributed by atoms with van der Waals surface area (Å²) in [6.07, 6.45) is 0. The minimum absolute atomic E-state index is 0.182. The van der Waals surface area contributed by atoms with Crippen molar-refractivity contribution in [1.82, 2.24) is 4.90 Å². The molecular weight excluding hydrogens is 226 g/mol. The van der Waals surface area contributed by atoms with Gasteiger partial charge in [0.2, 0.25) is 5.91 Å². The maximum absolute atomic E-state index is 11.6. The summed E-state index contributed by atoms with van der Waals surface area (Å²) in [4.78, 5) is 35.4. The SMILES string of the molecule is C=C(C)C(=O)OCC(=O)N1C(=O)C2COCC21. The summed E-state index contributed by atoms with van der Waals surface area (Å²) in [5.74, 6) is -1.58. The zero-order valence-corrected chi connectivity index (χ0v) is 9.47. The molecule has 2 fully saturated rings. The fourth-order valence-electron chi connectivity index (χ4n) is 1.92. The molecule has 6 nitrogen and oxygen atoms in total. The van der Waals surface area contributed by atoms with Crippen molar-refractivity contribution < 1.29 is 23.9 Å². The van der Waals surface area contributed by atoms with Gasteiger partial charge in [-0.3, -0.25) is 14.5 Å². The standard InChI is InChI=1S/C11H13NO5/c1-6(2)11(15)17-5-9(13)12-8-4-16-3-7(8)10(12)14/h7-8H,1,3-5H2,2H3. The first-order valence-corrected chi connectivity index (χ1v) is 5.28. The van der Waals surface area contributed by atoms with Gasteiger partial charge in [0.25, 0.3) is 5.91 Å². The Morgan fingerprint density at radius 2 is 2.24 bits per heavy atom. The Morgan fingerprint density at radius 1 is 1.53 bits per heavy atom. The highest BCUT2D eigenvalue weighted by atomic mass is 16.5. The lowest BCUT2D eigenvalue weighted by Gasteiger charge is -2.39. The summed E-state index contributed by atoms with van der Waals surface area (Å²) >= 11 is 0. The Kier molecular flexibility index (Phi) is 2.97. The normalized spacial score (nSPS) is 26.2. The van der Waals surface area contributed by atoms with E-state index in [1.165, 1.54) is 6.92 Å². The van der Waals surface area contributed by atoms with E-state index < -0.39 is 18.5 Å². The van der Waals surface area contributed by atoms with Gasteiger partial charge in [0.05, 0.1) is 25.2 Å². The van der Waals surface area contributed by atoms with Crippen molar-refractivity contribution in [2.45, 2.75) is 13.0 Å². The predicted molar refractivity (Wildman–Crippen MR) is 55.7 cm³/mol. The summed E-state index contributed by atoms with van der Waals surface area (Å²) in [6.45, 7) is 5.20. The third-order valence-electron chi connectivity index (χ3n) is 2.88. The van der Waals surface area contributed by atoms with Crippen molar-refractivity contribution in [2.24, 2.45) is 5.92 Å². The van der Waals surface area contributed by atoms with Crippen molar-refractivity contribution >= 4 is 17.8 Å². The van der Waals surface area contributed by atoms with Gasteiger partial charge in [-0.1, -0.05) is 6.58 Å². The summed E-state index contributed by atoms with van der Waals surface area (Å²) in [7, 11) is 0. The fraction of sp³-hybridized carbons (Fsp3) is 0.545. The first-order valence-electron chi connectivity index (χ1n) is 5.28. The van der Waals surface area contributed by atoms with Crippen LogP contribution in [0.4, 0.5) is 0 Å². The van der Waals surface area contributed by atoms with Crippen molar-refractivity contribution in [3.8, 4) is 0 Å². The van der Waals surface area contributed by atoms with Gasteiger partial charge in [-0.15, -0.1) is 0 Å². The zero-order valence-electron chi connectivity index (χ0n) is 9.47. The van der Waals surface area contributed by atoms with Crippen LogP contribution in [-0.2, 0) is 23.9 Å². The molecule has 2 atom stereocenters. The Bertz CT molecular complexity index is 403. The number of nitrogens with zero attached hydrogens (tertiary/aromatic N) is 1. The number of hydrogen-bond donors (Lipinski definition) is 0. The van der Waals surface area contributed by atoms with E-state index >= 15 is 0 Å². The third kappa shape index (κ3) is 1.95. The lowest BCUT2D eigenvalue weighted by atomic mass is 9.91. The van der Waals surface area contributed by atoms with Crippen LogP contribution < -0.4 is 0 Å².